The number of rotatable bonds is 6. The molecule has 1 unspecified atom stereocenters. The Kier molecular flexibility index (Phi) is 6.68. The van der Waals surface area contributed by atoms with Crippen LogP contribution in [0.5, 0.6) is 5.75 Å². The van der Waals surface area contributed by atoms with Gasteiger partial charge in [-0.25, -0.2) is 0 Å². The number of unbranched alkanes of at least 4 members (excludes halogenated alkanes) is 2. The van der Waals surface area contributed by atoms with E-state index in [0.717, 1.165) is 42.4 Å². The fraction of sp³-hybridized carbons (Fsp3) is 0.458. The number of ketones is 1. The van der Waals surface area contributed by atoms with Crippen LogP contribution in [0.25, 0.3) is 5.57 Å². The minimum atomic E-state index is -0.432. The highest BCUT2D eigenvalue weighted by atomic mass is 32.1. The van der Waals surface area contributed by atoms with Gasteiger partial charge in [0.1, 0.15) is 17.1 Å². The van der Waals surface area contributed by atoms with E-state index in [2.05, 4.69) is 13.8 Å². The highest BCUT2D eigenvalue weighted by Gasteiger charge is 2.43. The Labute approximate surface area is 178 Å². The molecule has 0 bridgehead atoms. The van der Waals surface area contributed by atoms with Gasteiger partial charge in [-0.15, -0.1) is 0 Å². The lowest BCUT2D eigenvalue weighted by atomic mass is 9.86. The number of fused-ring (bicyclic) bond motifs is 1. The van der Waals surface area contributed by atoms with E-state index in [1.54, 1.807) is 4.90 Å². The molecule has 1 fully saturated rings. The molecule has 2 heterocycles. The van der Waals surface area contributed by atoms with E-state index in [0.29, 0.717) is 29.5 Å². The number of Topliss-reactive ketones (excluding diaryl/α,β-unsaturated/α-hetero) is 1. The van der Waals surface area contributed by atoms with Crippen LogP contribution in [-0.4, -0.2) is 28.1 Å². The predicted octanol–water partition coefficient (Wildman–Crippen LogP) is 5.39. The van der Waals surface area contributed by atoms with Gasteiger partial charge in [-0.1, -0.05) is 57.5 Å². The van der Waals surface area contributed by atoms with Crippen molar-refractivity contribution in [2.24, 2.45) is 5.92 Å². The number of ether oxygens (including phenoxy) is 1. The normalized spacial score (nSPS) is 21.8. The number of piperidine rings is 1. The Bertz CT molecular complexity index is 881. The fourth-order valence-electron chi connectivity index (χ4n) is 3.82. The number of aryl methyl sites for hydroxylation is 1. The minimum absolute atomic E-state index is 0.141. The largest absolute Gasteiger partial charge is 0.456 e. The molecule has 29 heavy (non-hydrogen) atoms. The van der Waals surface area contributed by atoms with Crippen LogP contribution in [0.4, 0.5) is 0 Å². The van der Waals surface area contributed by atoms with Crippen molar-refractivity contribution in [3.8, 4) is 5.75 Å². The van der Waals surface area contributed by atoms with Crippen LogP contribution in [0.15, 0.2) is 35.6 Å². The quantitative estimate of drug-likeness (QED) is 0.358. The topological polar surface area (TPSA) is 46.6 Å². The summed E-state index contributed by atoms with van der Waals surface area (Å²) in [6.07, 6.45) is 6.15. The summed E-state index contributed by atoms with van der Waals surface area (Å²) in [6, 6.07) is 5.98. The maximum Gasteiger partial charge on any atom is 0.266 e. The summed E-state index contributed by atoms with van der Waals surface area (Å²) in [5.41, 5.74) is 3.17. The van der Waals surface area contributed by atoms with Gasteiger partial charge in [0.2, 0.25) is 0 Å². The van der Waals surface area contributed by atoms with Crippen LogP contribution in [0.3, 0.4) is 0 Å². The first-order chi connectivity index (χ1) is 13.9. The van der Waals surface area contributed by atoms with Crippen LogP contribution < -0.4 is 4.74 Å². The van der Waals surface area contributed by atoms with Gasteiger partial charge in [-0.2, -0.15) is 0 Å². The zero-order chi connectivity index (χ0) is 21.1. The van der Waals surface area contributed by atoms with Crippen molar-refractivity contribution in [1.82, 2.24) is 4.90 Å². The van der Waals surface area contributed by atoms with Crippen LogP contribution in [0, 0.1) is 12.8 Å². The highest BCUT2D eigenvalue weighted by molar-refractivity contribution is 7.80. The molecule has 1 aromatic rings. The van der Waals surface area contributed by atoms with Crippen LogP contribution in [0.1, 0.15) is 64.0 Å². The first kappa shape index (κ1) is 21.4. The monoisotopic (exact) mass is 411 g/mol. The molecule has 0 spiro atoms. The lowest BCUT2D eigenvalue weighted by molar-refractivity contribution is -0.130. The fourth-order valence-corrected chi connectivity index (χ4v) is 4.22. The van der Waals surface area contributed by atoms with Crippen molar-refractivity contribution in [2.75, 3.05) is 6.54 Å². The predicted molar refractivity (Wildman–Crippen MR) is 120 cm³/mol. The number of amides is 1. The maximum atomic E-state index is 13.4. The summed E-state index contributed by atoms with van der Waals surface area (Å²) < 4.78 is 6.10. The van der Waals surface area contributed by atoms with Crippen molar-refractivity contribution >= 4 is 34.5 Å². The molecular weight excluding hydrogens is 382 g/mol. The van der Waals surface area contributed by atoms with Crippen molar-refractivity contribution in [3.05, 3.63) is 46.7 Å². The van der Waals surface area contributed by atoms with Gasteiger partial charge in [0.05, 0.1) is 10.9 Å². The minimum Gasteiger partial charge on any atom is -0.456 e. The highest BCUT2D eigenvalue weighted by Crippen LogP contribution is 2.37. The third-order valence-electron chi connectivity index (χ3n) is 5.54. The number of allylic oxidation sites excluding steroid dienone is 2. The van der Waals surface area contributed by atoms with Crippen LogP contribution >= 0.6 is 12.2 Å². The van der Waals surface area contributed by atoms with Crippen molar-refractivity contribution in [3.63, 3.8) is 0 Å². The lowest BCUT2D eigenvalue weighted by Crippen LogP contribution is -2.51. The number of nitrogens with zero attached hydrogens (tertiary/aromatic N) is 1. The van der Waals surface area contributed by atoms with Crippen molar-refractivity contribution < 1.29 is 14.3 Å². The number of hydrogen-bond acceptors (Lipinski definition) is 4. The Morgan fingerprint density at radius 3 is 2.52 bits per heavy atom. The number of likely N-dealkylation sites (tertiary alicyclic amines) is 1. The first-order valence-corrected chi connectivity index (χ1v) is 10.9. The molecule has 0 saturated carbocycles. The Morgan fingerprint density at radius 2 is 1.83 bits per heavy atom. The Balaban J connectivity index is 2.07. The molecule has 2 aliphatic heterocycles. The molecule has 1 aromatic carbocycles. The molecule has 0 radical (unpaired) electrons. The summed E-state index contributed by atoms with van der Waals surface area (Å²) in [7, 11) is 0. The average molecular weight is 412 g/mol. The average Bonchev–Trinajstić information content (AvgIpc) is 2.67. The molecule has 0 aromatic heterocycles. The molecule has 2 aliphatic rings. The Hall–Kier alpha value is -2.27. The van der Waals surface area contributed by atoms with E-state index in [1.807, 2.05) is 38.1 Å². The second kappa shape index (κ2) is 9.04. The second-order valence-electron chi connectivity index (χ2n) is 7.88. The standard InChI is InChI=1S/C24H29NO3S/c1-5-7-9-18-22(26)21(23(27)25(24(18)29)12-8-6-2)20-14-16(4)17-11-10-15(3)13-19(17)28-20/h10-11,13-14,18H,5-9,12H2,1-4H3/b21-20+. The molecule has 1 saturated heterocycles. The number of carbonyl (C=O) groups excluding carboxylic acids is 2. The Morgan fingerprint density at radius 1 is 1.10 bits per heavy atom. The number of thiocarbonyl (C=S) groups is 1. The molecule has 1 atom stereocenters. The number of benzene rings is 1. The van der Waals surface area contributed by atoms with Crippen molar-refractivity contribution in [2.45, 2.75) is 59.8 Å². The first-order valence-electron chi connectivity index (χ1n) is 10.5. The van der Waals surface area contributed by atoms with E-state index in [1.165, 1.54) is 0 Å². The van der Waals surface area contributed by atoms with Gasteiger partial charge >= 0.3 is 0 Å². The summed E-state index contributed by atoms with van der Waals surface area (Å²) in [5, 5.41) is 0. The number of carbonyl (C=O) groups is 2. The smallest absolute Gasteiger partial charge is 0.266 e. The summed E-state index contributed by atoms with van der Waals surface area (Å²) in [6.45, 7) is 8.67. The third-order valence-corrected chi connectivity index (χ3v) is 6.05. The van der Waals surface area contributed by atoms with Gasteiger partial charge < -0.3 is 9.64 Å². The molecular formula is C24H29NO3S. The molecule has 4 nitrogen and oxygen atoms in total. The van der Waals surface area contributed by atoms with Crippen molar-refractivity contribution in [1.29, 1.82) is 0 Å². The van der Waals surface area contributed by atoms with E-state index in [9.17, 15) is 9.59 Å². The van der Waals surface area contributed by atoms with Gasteiger partial charge in [0.25, 0.3) is 5.91 Å². The van der Waals surface area contributed by atoms with Gasteiger partial charge in [0.15, 0.2) is 5.78 Å². The summed E-state index contributed by atoms with van der Waals surface area (Å²) in [5.74, 6) is 0.0819. The SMILES string of the molecule is CCCCC1C(=O)/C(=C2/C=C(C)c3ccc(C)cc3O2)C(=O)N(CCCC)C1=S. The molecule has 1 amide bonds. The summed E-state index contributed by atoms with van der Waals surface area (Å²) in [4.78, 5) is 28.8. The molecule has 0 N–H and O–H groups in total. The molecule has 154 valence electrons. The van der Waals surface area contributed by atoms with Gasteiger partial charge in [0, 0.05) is 12.1 Å². The molecule has 5 heteroatoms. The van der Waals surface area contributed by atoms with Gasteiger partial charge in [-0.3, -0.25) is 9.59 Å². The lowest BCUT2D eigenvalue weighted by Gasteiger charge is -2.35. The van der Waals surface area contributed by atoms with E-state index in [-0.39, 0.29) is 17.3 Å². The number of hydrogen-bond donors (Lipinski definition) is 0. The second-order valence-corrected chi connectivity index (χ2v) is 8.29. The summed E-state index contributed by atoms with van der Waals surface area (Å²) >= 11 is 5.59. The molecule has 0 aliphatic carbocycles. The van der Waals surface area contributed by atoms with E-state index < -0.39 is 5.92 Å². The zero-order valence-corrected chi connectivity index (χ0v) is 18.5. The van der Waals surface area contributed by atoms with Gasteiger partial charge in [-0.05, 0) is 50.0 Å². The van der Waals surface area contributed by atoms with E-state index in [4.69, 9.17) is 17.0 Å². The molecule has 3 rings (SSSR count). The zero-order valence-electron chi connectivity index (χ0n) is 17.7. The third kappa shape index (κ3) is 4.20. The van der Waals surface area contributed by atoms with Crippen LogP contribution in [-0.2, 0) is 9.59 Å². The van der Waals surface area contributed by atoms with E-state index >= 15 is 0 Å². The van der Waals surface area contributed by atoms with Crippen LogP contribution in [0.2, 0.25) is 0 Å². The maximum absolute atomic E-state index is 13.4.